The van der Waals surface area contributed by atoms with Gasteiger partial charge in [0.15, 0.2) is 0 Å². The monoisotopic (exact) mass is 269 g/mol. The number of carboxylic acid groups (broad SMARTS) is 1. The van der Waals surface area contributed by atoms with Gasteiger partial charge in [-0.2, -0.15) is 0 Å². The van der Waals surface area contributed by atoms with Crippen molar-refractivity contribution < 1.29 is 19.8 Å². The Balaban J connectivity index is 2.45. The minimum atomic E-state index is -1.13. The van der Waals surface area contributed by atoms with Crippen molar-refractivity contribution in [1.82, 2.24) is 0 Å². The minimum Gasteiger partial charge on any atom is -0.478 e. The van der Waals surface area contributed by atoms with Crippen LogP contribution in [0.1, 0.15) is 16.8 Å². The van der Waals surface area contributed by atoms with Gasteiger partial charge in [-0.3, -0.25) is 4.79 Å². The summed E-state index contributed by atoms with van der Waals surface area (Å²) in [5.41, 5.74) is 0.210. The molecule has 1 aromatic rings. The predicted molar refractivity (Wildman–Crippen MR) is 66.0 cm³/mol. The number of aliphatic hydroxyl groups excluding tert-OH is 1. The van der Waals surface area contributed by atoms with E-state index in [1.807, 2.05) is 0 Å². The average Bonchev–Trinajstić information content (AvgIpc) is 2.70. The van der Waals surface area contributed by atoms with Gasteiger partial charge >= 0.3 is 5.97 Å². The lowest BCUT2D eigenvalue weighted by molar-refractivity contribution is -0.117. The molecule has 6 heteroatoms. The van der Waals surface area contributed by atoms with Crippen LogP contribution in [0.25, 0.3) is 0 Å². The molecule has 2 N–H and O–H groups in total. The Hall–Kier alpha value is -1.59. The summed E-state index contributed by atoms with van der Waals surface area (Å²) in [7, 11) is 0. The second-order valence-corrected chi connectivity index (χ2v) is 4.61. The number of halogens is 1. The van der Waals surface area contributed by atoms with Crippen LogP contribution in [-0.4, -0.2) is 35.2 Å². The van der Waals surface area contributed by atoms with Gasteiger partial charge in [0.05, 0.1) is 16.3 Å². The van der Waals surface area contributed by atoms with Crippen LogP contribution in [0.4, 0.5) is 5.69 Å². The Labute approximate surface area is 109 Å². The van der Waals surface area contributed by atoms with Crippen molar-refractivity contribution in [2.45, 2.75) is 6.42 Å². The largest absolute Gasteiger partial charge is 0.478 e. The molecule has 1 fully saturated rings. The zero-order chi connectivity index (χ0) is 13.3. The SMILES string of the molecule is O=C(O)c1cccc(Cl)c1N1CC(CO)CC1=O. The van der Waals surface area contributed by atoms with Crippen molar-refractivity contribution in [3.8, 4) is 0 Å². The molecule has 18 heavy (non-hydrogen) atoms. The molecule has 5 nitrogen and oxygen atoms in total. The molecular weight excluding hydrogens is 258 g/mol. The molecule has 1 aromatic carbocycles. The van der Waals surface area contributed by atoms with E-state index in [1.165, 1.54) is 17.0 Å². The number of anilines is 1. The summed E-state index contributed by atoms with van der Waals surface area (Å²) >= 11 is 5.99. The summed E-state index contributed by atoms with van der Waals surface area (Å²) in [6, 6.07) is 4.48. The molecule has 1 saturated heterocycles. The lowest BCUT2D eigenvalue weighted by Gasteiger charge is -2.20. The molecule has 1 aliphatic heterocycles. The molecule has 96 valence electrons. The van der Waals surface area contributed by atoms with E-state index < -0.39 is 5.97 Å². The average molecular weight is 270 g/mol. The van der Waals surface area contributed by atoms with Crippen LogP contribution in [0, 0.1) is 5.92 Å². The van der Waals surface area contributed by atoms with Crippen molar-refractivity contribution in [2.75, 3.05) is 18.1 Å². The highest BCUT2D eigenvalue weighted by atomic mass is 35.5. The van der Waals surface area contributed by atoms with Crippen molar-refractivity contribution in [3.05, 3.63) is 28.8 Å². The Morgan fingerprint density at radius 3 is 2.78 bits per heavy atom. The zero-order valence-corrected chi connectivity index (χ0v) is 10.2. The van der Waals surface area contributed by atoms with Gasteiger partial charge in [-0.15, -0.1) is 0 Å². The standard InChI is InChI=1S/C12H12ClNO4/c13-9-3-1-2-8(12(17)18)11(9)14-5-7(6-15)4-10(14)16/h1-3,7,15H,4-6H2,(H,17,18). The Kier molecular flexibility index (Phi) is 3.54. The van der Waals surface area contributed by atoms with Crippen LogP contribution in [0.5, 0.6) is 0 Å². The zero-order valence-electron chi connectivity index (χ0n) is 9.47. The highest BCUT2D eigenvalue weighted by Crippen LogP contribution is 2.34. The van der Waals surface area contributed by atoms with Crippen molar-refractivity contribution in [1.29, 1.82) is 0 Å². The molecule has 0 radical (unpaired) electrons. The summed E-state index contributed by atoms with van der Waals surface area (Å²) in [5.74, 6) is -1.52. The number of carbonyl (C=O) groups is 2. The van der Waals surface area contributed by atoms with Crippen LogP contribution in [0.3, 0.4) is 0 Å². The number of para-hydroxylation sites is 1. The first kappa shape index (κ1) is 12.9. The summed E-state index contributed by atoms with van der Waals surface area (Å²) in [6.07, 6.45) is 0.209. The highest BCUT2D eigenvalue weighted by molar-refractivity contribution is 6.34. The van der Waals surface area contributed by atoms with Gasteiger partial charge in [0.1, 0.15) is 0 Å². The van der Waals surface area contributed by atoms with Gasteiger partial charge in [-0.25, -0.2) is 4.79 Å². The number of carbonyl (C=O) groups excluding carboxylic acids is 1. The number of hydrogen-bond acceptors (Lipinski definition) is 3. The summed E-state index contributed by atoms with van der Waals surface area (Å²) < 4.78 is 0. The molecule has 0 saturated carbocycles. The number of carboxylic acids is 1. The quantitative estimate of drug-likeness (QED) is 0.869. The lowest BCUT2D eigenvalue weighted by atomic mass is 10.1. The molecule has 1 heterocycles. The highest BCUT2D eigenvalue weighted by Gasteiger charge is 2.33. The fourth-order valence-electron chi connectivity index (χ4n) is 2.08. The number of aliphatic hydroxyl groups is 1. The van der Waals surface area contributed by atoms with E-state index in [4.69, 9.17) is 21.8 Å². The maximum Gasteiger partial charge on any atom is 0.337 e. The molecule has 1 amide bonds. The van der Waals surface area contributed by atoms with E-state index in [1.54, 1.807) is 6.07 Å². The number of amides is 1. The van der Waals surface area contributed by atoms with E-state index in [-0.39, 0.29) is 41.1 Å². The number of hydrogen-bond donors (Lipinski definition) is 2. The molecule has 0 aliphatic carbocycles. The lowest BCUT2D eigenvalue weighted by Crippen LogP contribution is -2.27. The topological polar surface area (TPSA) is 77.8 Å². The maximum atomic E-state index is 11.8. The molecule has 1 atom stereocenters. The van der Waals surface area contributed by atoms with Crippen LogP contribution in [-0.2, 0) is 4.79 Å². The molecule has 0 spiro atoms. The Morgan fingerprint density at radius 2 is 2.22 bits per heavy atom. The molecular formula is C12H12ClNO4. The predicted octanol–water partition coefficient (Wildman–Crippen LogP) is 1.38. The second-order valence-electron chi connectivity index (χ2n) is 4.20. The molecule has 2 rings (SSSR count). The van der Waals surface area contributed by atoms with Crippen molar-refractivity contribution >= 4 is 29.2 Å². The third kappa shape index (κ3) is 2.19. The molecule has 0 aromatic heterocycles. The molecule has 1 unspecified atom stereocenters. The smallest absolute Gasteiger partial charge is 0.337 e. The summed E-state index contributed by atoms with van der Waals surface area (Å²) in [5, 5.41) is 18.4. The number of benzene rings is 1. The van der Waals surface area contributed by atoms with Gasteiger partial charge in [0, 0.05) is 25.5 Å². The number of aromatic carboxylic acids is 1. The first-order valence-corrected chi connectivity index (χ1v) is 5.85. The maximum absolute atomic E-state index is 11.8. The van der Waals surface area contributed by atoms with E-state index in [0.29, 0.717) is 6.54 Å². The number of rotatable bonds is 3. The van der Waals surface area contributed by atoms with Gasteiger partial charge in [0.2, 0.25) is 5.91 Å². The Bertz CT molecular complexity index is 503. The fourth-order valence-corrected chi connectivity index (χ4v) is 2.36. The third-order valence-electron chi connectivity index (χ3n) is 2.95. The first-order chi connectivity index (χ1) is 8.54. The first-order valence-electron chi connectivity index (χ1n) is 5.47. The number of nitrogens with zero attached hydrogens (tertiary/aromatic N) is 1. The summed E-state index contributed by atoms with van der Waals surface area (Å²) in [6.45, 7) is 0.189. The van der Waals surface area contributed by atoms with Gasteiger partial charge < -0.3 is 15.1 Å². The van der Waals surface area contributed by atoms with Crippen LogP contribution in [0.15, 0.2) is 18.2 Å². The van der Waals surface area contributed by atoms with Crippen molar-refractivity contribution in [3.63, 3.8) is 0 Å². The van der Waals surface area contributed by atoms with E-state index in [2.05, 4.69) is 0 Å². The van der Waals surface area contributed by atoms with E-state index in [9.17, 15) is 9.59 Å². The normalized spacial score (nSPS) is 19.3. The van der Waals surface area contributed by atoms with Crippen LogP contribution < -0.4 is 4.90 Å². The van der Waals surface area contributed by atoms with E-state index in [0.717, 1.165) is 0 Å². The Morgan fingerprint density at radius 1 is 1.50 bits per heavy atom. The van der Waals surface area contributed by atoms with E-state index >= 15 is 0 Å². The molecule has 1 aliphatic rings. The second kappa shape index (κ2) is 4.96. The van der Waals surface area contributed by atoms with Crippen LogP contribution >= 0.6 is 11.6 Å². The van der Waals surface area contributed by atoms with Crippen LogP contribution in [0.2, 0.25) is 5.02 Å². The van der Waals surface area contributed by atoms with Gasteiger partial charge in [-0.05, 0) is 12.1 Å². The van der Waals surface area contributed by atoms with Gasteiger partial charge in [0.25, 0.3) is 0 Å². The fraction of sp³-hybridized carbons (Fsp3) is 0.333. The minimum absolute atomic E-state index is 0.00515. The third-order valence-corrected chi connectivity index (χ3v) is 3.26. The van der Waals surface area contributed by atoms with Gasteiger partial charge in [-0.1, -0.05) is 17.7 Å². The summed E-state index contributed by atoms with van der Waals surface area (Å²) in [4.78, 5) is 24.3. The van der Waals surface area contributed by atoms with Crippen molar-refractivity contribution in [2.24, 2.45) is 5.92 Å². The molecule has 0 bridgehead atoms.